The summed E-state index contributed by atoms with van der Waals surface area (Å²) >= 11 is 0. The van der Waals surface area contributed by atoms with Crippen LogP contribution in [0.4, 0.5) is 0 Å². The van der Waals surface area contributed by atoms with Crippen LogP contribution >= 0.6 is 0 Å². The Labute approximate surface area is 99.8 Å². The smallest absolute Gasteiger partial charge is 0.306 e. The van der Waals surface area contributed by atoms with Gasteiger partial charge in [0.2, 0.25) is 0 Å². The van der Waals surface area contributed by atoms with Crippen molar-refractivity contribution >= 4 is 5.97 Å². The molecular weight excluding hydrogens is 200 g/mol. The molecule has 0 aromatic carbocycles. The Morgan fingerprint density at radius 2 is 1.69 bits per heavy atom. The summed E-state index contributed by atoms with van der Waals surface area (Å²) in [5, 5.41) is 0. The molecule has 0 aromatic rings. The molecule has 2 nitrogen and oxygen atoms in total. The van der Waals surface area contributed by atoms with Crippen LogP contribution in [-0.4, -0.2) is 12.6 Å². The van der Waals surface area contributed by atoms with Crippen molar-refractivity contribution in [3.63, 3.8) is 0 Å². The van der Waals surface area contributed by atoms with E-state index in [0.717, 1.165) is 0 Å². The maximum absolute atomic E-state index is 10.9. The van der Waals surface area contributed by atoms with Crippen molar-refractivity contribution in [3.05, 3.63) is 0 Å². The Balaban J connectivity index is 1.79. The standard InChI is InChI=1S/C14H26O2/c1-2-3-4-5-6-7-8-9-10-13-11-14(15)16-12-13/h13H,2-12H2,1H3. The molecule has 0 bridgehead atoms. The monoisotopic (exact) mass is 226 g/mol. The molecular formula is C14H26O2. The third-order valence-electron chi connectivity index (χ3n) is 3.40. The van der Waals surface area contributed by atoms with Crippen LogP contribution in [-0.2, 0) is 9.53 Å². The van der Waals surface area contributed by atoms with Crippen molar-refractivity contribution < 1.29 is 9.53 Å². The fourth-order valence-electron chi connectivity index (χ4n) is 2.32. The molecule has 1 rings (SSSR count). The van der Waals surface area contributed by atoms with Gasteiger partial charge in [0.25, 0.3) is 0 Å². The fraction of sp³-hybridized carbons (Fsp3) is 0.929. The molecule has 1 unspecified atom stereocenters. The van der Waals surface area contributed by atoms with Crippen molar-refractivity contribution in [2.24, 2.45) is 5.92 Å². The van der Waals surface area contributed by atoms with Crippen LogP contribution in [0.1, 0.15) is 71.1 Å². The van der Waals surface area contributed by atoms with Gasteiger partial charge < -0.3 is 4.74 Å². The van der Waals surface area contributed by atoms with Gasteiger partial charge in [0.1, 0.15) is 0 Å². The number of carbonyl (C=O) groups is 1. The van der Waals surface area contributed by atoms with E-state index in [0.29, 0.717) is 18.9 Å². The van der Waals surface area contributed by atoms with Gasteiger partial charge in [-0.1, -0.05) is 58.3 Å². The summed E-state index contributed by atoms with van der Waals surface area (Å²) in [5.41, 5.74) is 0. The maximum Gasteiger partial charge on any atom is 0.306 e. The average Bonchev–Trinajstić information content (AvgIpc) is 2.68. The highest BCUT2D eigenvalue weighted by Crippen LogP contribution is 2.21. The van der Waals surface area contributed by atoms with Gasteiger partial charge in [0.05, 0.1) is 13.0 Å². The van der Waals surface area contributed by atoms with Crippen molar-refractivity contribution in [3.8, 4) is 0 Å². The first-order valence-electron chi connectivity index (χ1n) is 6.98. The van der Waals surface area contributed by atoms with E-state index in [4.69, 9.17) is 4.74 Å². The fourth-order valence-corrected chi connectivity index (χ4v) is 2.32. The SMILES string of the molecule is CCCCCCCCCCC1COC(=O)C1. The third kappa shape index (κ3) is 6.14. The van der Waals surface area contributed by atoms with E-state index in [2.05, 4.69) is 6.92 Å². The number of rotatable bonds is 9. The summed E-state index contributed by atoms with van der Waals surface area (Å²) < 4.78 is 4.95. The lowest BCUT2D eigenvalue weighted by molar-refractivity contribution is -0.137. The van der Waals surface area contributed by atoms with Gasteiger partial charge >= 0.3 is 5.97 Å². The quantitative estimate of drug-likeness (QED) is 0.437. The number of unbranched alkanes of at least 4 members (excludes halogenated alkanes) is 7. The Bertz CT molecular complexity index is 189. The van der Waals surface area contributed by atoms with E-state index < -0.39 is 0 Å². The Kier molecular flexibility index (Phi) is 7.28. The Morgan fingerprint density at radius 3 is 2.25 bits per heavy atom. The second-order valence-corrected chi connectivity index (χ2v) is 5.02. The molecule has 94 valence electrons. The van der Waals surface area contributed by atoms with Gasteiger partial charge in [-0.15, -0.1) is 0 Å². The zero-order chi connectivity index (χ0) is 11.6. The van der Waals surface area contributed by atoms with Crippen molar-refractivity contribution in [1.82, 2.24) is 0 Å². The molecule has 1 heterocycles. The summed E-state index contributed by atoms with van der Waals surface area (Å²) in [4.78, 5) is 10.9. The number of cyclic esters (lactones) is 1. The third-order valence-corrected chi connectivity index (χ3v) is 3.40. The predicted molar refractivity (Wildman–Crippen MR) is 66.3 cm³/mol. The van der Waals surface area contributed by atoms with Crippen LogP contribution in [0.3, 0.4) is 0 Å². The summed E-state index contributed by atoms with van der Waals surface area (Å²) in [6, 6.07) is 0. The van der Waals surface area contributed by atoms with Crippen LogP contribution in [0, 0.1) is 5.92 Å². The molecule has 1 aliphatic rings. The van der Waals surface area contributed by atoms with Gasteiger partial charge in [-0.2, -0.15) is 0 Å². The van der Waals surface area contributed by atoms with Gasteiger partial charge in [0.15, 0.2) is 0 Å². The zero-order valence-electron chi connectivity index (χ0n) is 10.7. The van der Waals surface area contributed by atoms with Crippen LogP contribution in [0.5, 0.6) is 0 Å². The molecule has 0 aromatic heterocycles. The van der Waals surface area contributed by atoms with E-state index in [1.807, 2.05) is 0 Å². The van der Waals surface area contributed by atoms with Crippen LogP contribution in [0.2, 0.25) is 0 Å². The minimum atomic E-state index is 0.00423. The highest BCUT2D eigenvalue weighted by molar-refractivity contribution is 5.71. The number of esters is 1. The van der Waals surface area contributed by atoms with E-state index in [1.54, 1.807) is 0 Å². The highest BCUT2D eigenvalue weighted by Gasteiger charge is 2.22. The van der Waals surface area contributed by atoms with E-state index in [9.17, 15) is 4.79 Å². The maximum atomic E-state index is 10.9. The average molecular weight is 226 g/mol. The van der Waals surface area contributed by atoms with Gasteiger partial charge in [-0.3, -0.25) is 4.79 Å². The molecule has 2 heteroatoms. The molecule has 0 aliphatic carbocycles. The molecule has 1 fully saturated rings. The summed E-state index contributed by atoms with van der Waals surface area (Å²) in [5.74, 6) is 0.525. The molecule has 1 aliphatic heterocycles. The van der Waals surface area contributed by atoms with Crippen LogP contribution in [0.25, 0.3) is 0 Å². The molecule has 1 atom stereocenters. The lowest BCUT2D eigenvalue weighted by Gasteiger charge is -2.05. The highest BCUT2D eigenvalue weighted by atomic mass is 16.5. The minimum Gasteiger partial charge on any atom is -0.465 e. The second kappa shape index (κ2) is 8.60. The van der Waals surface area contributed by atoms with Crippen LogP contribution < -0.4 is 0 Å². The van der Waals surface area contributed by atoms with Gasteiger partial charge in [0, 0.05) is 5.92 Å². The van der Waals surface area contributed by atoms with Crippen molar-refractivity contribution in [1.29, 1.82) is 0 Å². The lowest BCUT2D eigenvalue weighted by Crippen LogP contribution is -1.98. The summed E-state index contributed by atoms with van der Waals surface area (Å²) in [6.07, 6.45) is 12.7. The molecule has 0 radical (unpaired) electrons. The molecule has 1 saturated heterocycles. The Morgan fingerprint density at radius 1 is 1.06 bits per heavy atom. The van der Waals surface area contributed by atoms with Crippen molar-refractivity contribution in [2.45, 2.75) is 71.1 Å². The summed E-state index contributed by atoms with van der Waals surface area (Å²) in [7, 11) is 0. The van der Waals surface area contributed by atoms with Gasteiger partial charge in [-0.25, -0.2) is 0 Å². The van der Waals surface area contributed by atoms with E-state index in [-0.39, 0.29) is 5.97 Å². The molecule has 0 N–H and O–H groups in total. The Hall–Kier alpha value is -0.530. The van der Waals surface area contributed by atoms with Gasteiger partial charge in [-0.05, 0) is 6.42 Å². The first kappa shape index (κ1) is 13.5. The normalized spacial score (nSPS) is 20.1. The largest absolute Gasteiger partial charge is 0.465 e. The number of ether oxygens (including phenoxy) is 1. The van der Waals surface area contributed by atoms with Crippen molar-refractivity contribution in [2.75, 3.05) is 6.61 Å². The first-order valence-corrected chi connectivity index (χ1v) is 6.98. The topological polar surface area (TPSA) is 26.3 Å². The first-order chi connectivity index (χ1) is 7.83. The number of hydrogen-bond donors (Lipinski definition) is 0. The lowest BCUT2D eigenvalue weighted by atomic mass is 9.99. The molecule has 0 spiro atoms. The van der Waals surface area contributed by atoms with Crippen LogP contribution in [0.15, 0.2) is 0 Å². The molecule has 16 heavy (non-hydrogen) atoms. The zero-order valence-corrected chi connectivity index (χ0v) is 10.7. The summed E-state index contributed by atoms with van der Waals surface area (Å²) in [6.45, 7) is 2.93. The second-order valence-electron chi connectivity index (χ2n) is 5.02. The molecule has 0 saturated carbocycles. The van der Waals surface area contributed by atoms with E-state index >= 15 is 0 Å². The molecule has 0 amide bonds. The predicted octanol–water partition coefficient (Wildman–Crippen LogP) is 4.08. The number of hydrogen-bond acceptors (Lipinski definition) is 2. The minimum absolute atomic E-state index is 0.00423. The number of carbonyl (C=O) groups excluding carboxylic acids is 1. The van der Waals surface area contributed by atoms with E-state index in [1.165, 1.54) is 57.8 Å².